The monoisotopic (exact) mass is 259 g/mol. The van der Waals surface area contributed by atoms with Crippen LogP contribution in [0.2, 0.25) is 0 Å². The van der Waals surface area contributed by atoms with Crippen LogP contribution in [0.15, 0.2) is 24.5 Å². The first kappa shape index (κ1) is 13.1. The first-order valence-corrected chi connectivity index (χ1v) is 5.98. The average molecular weight is 259 g/mol. The third-order valence-electron chi connectivity index (χ3n) is 2.76. The molecule has 1 N–H and O–H groups in total. The predicted molar refractivity (Wildman–Crippen MR) is 72.0 cm³/mol. The van der Waals surface area contributed by atoms with E-state index in [1.165, 1.54) is 6.08 Å². The highest BCUT2D eigenvalue weighted by Gasteiger charge is 2.02. The van der Waals surface area contributed by atoms with Gasteiger partial charge in [-0.05, 0) is 19.1 Å². The van der Waals surface area contributed by atoms with Crippen LogP contribution in [0.4, 0.5) is 0 Å². The molecule has 2 aromatic heterocycles. The van der Waals surface area contributed by atoms with Gasteiger partial charge in [0.2, 0.25) is 5.91 Å². The fourth-order valence-corrected chi connectivity index (χ4v) is 1.66. The van der Waals surface area contributed by atoms with E-state index in [1.807, 2.05) is 33.3 Å². The molecule has 6 heteroatoms. The molecule has 0 aromatic carbocycles. The van der Waals surface area contributed by atoms with Gasteiger partial charge in [-0.3, -0.25) is 14.2 Å². The number of carbonyl (C=O) groups is 1. The summed E-state index contributed by atoms with van der Waals surface area (Å²) in [6.07, 6.45) is 6.76. The maximum absolute atomic E-state index is 11.6. The molecule has 2 heterocycles. The largest absolute Gasteiger partial charge is 0.347 e. The van der Waals surface area contributed by atoms with Gasteiger partial charge in [-0.1, -0.05) is 0 Å². The highest BCUT2D eigenvalue weighted by molar-refractivity contribution is 5.91. The molecule has 0 saturated heterocycles. The summed E-state index contributed by atoms with van der Waals surface area (Å²) in [6, 6.07) is 1.95. The van der Waals surface area contributed by atoms with E-state index < -0.39 is 0 Å². The normalized spacial score (nSPS) is 11.1. The fraction of sp³-hybridized carbons (Fsp3) is 0.308. The third-order valence-corrected chi connectivity index (χ3v) is 2.76. The quantitative estimate of drug-likeness (QED) is 0.826. The number of aryl methyl sites for hydroxylation is 3. The second-order valence-electron chi connectivity index (χ2n) is 4.40. The molecule has 2 rings (SSSR count). The first-order chi connectivity index (χ1) is 9.04. The Morgan fingerprint density at radius 2 is 2.26 bits per heavy atom. The highest BCUT2D eigenvalue weighted by atomic mass is 16.1. The van der Waals surface area contributed by atoms with Gasteiger partial charge in [0.05, 0.1) is 18.4 Å². The van der Waals surface area contributed by atoms with E-state index in [9.17, 15) is 4.79 Å². The van der Waals surface area contributed by atoms with E-state index in [2.05, 4.69) is 15.5 Å². The number of rotatable bonds is 4. The van der Waals surface area contributed by atoms with Crippen LogP contribution in [0.3, 0.4) is 0 Å². The van der Waals surface area contributed by atoms with Crippen molar-refractivity contribution in [3.05, 3.63) is 41.5 Å². The molecule has 0 unspecified atom stereocenters. The van der Waals surface area contributed by atoms with Crippen molar-refractivity contribution in [2.24, 2.45) is 14.1 Å². The van der Waals surface area contributed by atoms with E-state index >= 15 is 0 Å². The topological polar surface area (TPSA) is 64.7 Å². The van der Waals surface area contributed by atoms with Gasteiger partial charge in [-0.25, -0.2) is 0 Å². The molecule has 6 nitrogen and oxygen atoms in total. The summed E-state index contributed by atoms with van der Waals surface area (Å²) in [7, 11) is 3.71. The zero-order chi connectivity index (χ0) is 13.8. The van der Waals surface area contributed by atoms with Crippen LogP contribution in [0.5, 0.6) is 0 Å². The van der Waals surface area contributed by atoms with Crippen molar-refractivity contribution in [3.8, 4) is 0 Å². The number of hydrogen-bond acceptors (Lipinski definition) is 3. The zero-order valence-corrected chi connectivity index (χ0v) is 11.3. The van der Waals surface area contributed by atoms with Crippen molar-refractivity contribution >= 4 is 12.0 Å². The second-order valence-corrected chi connectivity index (χ2v) is 4.40. The summed E-state index contributed by atoms with van der Waals surface area (Å²) >= 11 is 0. The average Bonchev–Trinajstić information content (AvgIpc) is 2.91. The van der Waals surface area contributed by atoms with Gasteiger partial charge in [0.15, 0.2) is 0 Å². The molecule has 0 bridgehead atoms. The van der Waals surface area contributed by atoms with Crippen LogP contribution in [-0.2, 0) is 25.4 Å². The Hall–Kier alpha value is -2.37. The maximum Gasteiger partial charge on any atom is 0.244 e. The second kappa shape index (κ2) is 5.51. The van der Waals surface area contributed by atoms with E-state index in [4.69, 9.17) is 0 Å². The van der Waals surface area contributed by atoms with E-state index in [-0.39, 0.29) is 5.91 Å². The highest BCUT2D eigenvalue weighted by Crippen LogP contribution is 2.01. The summed E-state index contributed by atoms with van der Waals surface area (Å²) in [4.78, 5) is 11.6. The van der Waals surface area contributed by atoms with Crippen molar-refractivity contribution < 1.29 is 4.79 Å². The molecule has 0 aliphatic carbocycles. The summed E-state index contributed by atoms with van der Waals surface area (Å²) in [5.41, 5.74) is 2.81. The summed E-state index contributed by atoms with van der Waals surface area (Å²) in [6.45, 7) is 2.40. The van der Waals surface area contributed by atoms with Crippen LogP contribution in [0, 0.1) is 6.92 Å². The van der Waals surface area contributed by atoms with Gasteiger partial charge in [0, 0.05) is 37.6 Å². The molecule has 2 aromatic rings. The van der Waals surface area contributed by atoms with E-state index in [0.717, 1.165) is 17.0 Å². The molecule has 0 aliphatic rings. The Labute approximate surface area is 111 Å². The molecular weight excluding hydrogens is 242 g/mol. The molecule has 0 aliphatic heterocycles. The smallest absolute Gasteiger partial charge is 0.244 e. The molecule has 0 fully saturated rings. The molecule has 0 spiro atoms. The lowest BCUT2D eigenvalue weighted by atomic mass is 10.3. The maximum atomic E-state index is 11.6. The Kier molecular flexibility index (Phi) is 3.79. The van der Waals surface area contributed by atoms with Crippen molar-refractivity contribution in [1.29, 1.82) is 0 Å². The van der Waals surface area contributed by atoms with Crippen molar-refractivity contribution in [2.75, 3.05) is 0 Å². The Balaban J connectivity index is 1.86. The molecule has 0 radical (unpaired) electrons. The number of hydrogen-bond donors (Lipinski definition) is 1. The first-order valence-electron chi connectivity index (χ1n) is 5.98. The number of nitrogens with zero attached hydrogens (tertiary/aromatic N) is 4. The van der Waals surface area contributed by atoms with Crippen molar-refractivity contribution in [2.45, 2.75) is 13.5 Å². The standard InChI is InChI=1S/C13H17N5O/c1-10-6-12(16-18(10)3)8-14-13(19)5-4-11-7-15-17(2)9-11/h4-7,9H,8H2,1-3H3,(H,14,19)/b5-4+. The predicted octanol–water partition coefficient (Wildman–Crippen LogP) is 0.792. The minimum atomic E-state index is -0.146. The fourth-order valence-electron chi connectivity index (χ4n) is 1.66. The van der Waals surface area contributed by atoms with Crippen LogP contribution in [-0.4, -0.2) is 25.5 Å². The lowest BCUT2D eigenvalue weighted by Crippen LogP contribution is -2.20. The van der Waals surface area contributed by atoms with E-state index in [0.29, 0.717) is 6.54 Å². The van der Waals surface area contributed by atoms with Gasteiger partial charge >= 0.3 is 0 Å². The molecule has 0 saturated carbocycles. The lowest BCUT2D eigenvalue weighted by molar-refractivity contribution is -0.116. The minimum absolute atomic E-state index is 0.146. The molecule has 19 heavy (non-hydrogen) atoms. The zero-order valence-electron chi connectivity index (χ0n) is 11.3. The Morgan fingerprint density at radius 3 is 2.84 bits per heavy atom. The van der Waals surface area contributed by atoms with E-state index in [1.54, 1.807) is 21.6 Å². The Bertz CT molecular complexity index is 589. The van der Waals surface area contributed by atoms with Gasteiger partial charge < -0.3 is 5.32 Å². The lowest BCUT2D eigenvalue weighted by Gasteiger charge is -1.97. The van der Waals surface area contributed by atoms with Gasteiger partial charge in [0.1, 0.15) is 0 Å². The van der Waals surface area contributed by atoms with Gasteiger partial charge in [0.25, 0.3) is 0 Å². The van der Waals surface area contributed by atoms with Crippen LogP contribution < -0.4 is 5.32 Å². The van der Waals surface area contributed by atoms with Crippen LogP contribution >= 0.6 is 0 Å². The van der Waals surface area contributed by atoms with Crippen LogP contribution in [0.25, 0.3) is 6.08 Å². The minimum Gasteiger partial charge on any atom is -0.347 e. The third kappa shape index (κ3) is 3.54. The molecule has 100 valence electrons. The van der Waals surface area contributed by atoms with Gasteiger partial charge in [-0.15, -0.1) is 0 Å². The molecule has 1 amide bonds. The van der Waals surface area contributed by atoms with Gasteiger partial charge in [-0.2, -0.15) is 10.2 Å². The number of carbonyl (C=O) groups excluding carboxylic acids is 1. The van der Waals surface area contributed by atoms with Crippen molar-refractivity contribution in [1.82, 2.24) is 24.9 Å². The Morgan fingerprint density at radius 1 is 1.47 bits per heavy atom. The molecular formula is C13H17N5O. The summed E-state index contributed by atoms with van der Waals surface area (Å²) in [5, 5.41) is 11.1. The summed E-state index contributed by atoms with van der Waals surface area (Å²) in [5.74, 6) is -0.146. The number of amides is 1. The number of aromatic nitrogens is 4. The summed E-state index contributed by atoms with van der Waals surface area (Å²) < 4.78 is 3.47. The molecule has 0 atom stereocenters. The van der Waals surface area contributed by atoms with Crippen LogP contribution in [0.1, 0.15) is 17.0 Å². The number of nitrogens with one attached hydrogen (secondary N) is 1. The van der Waals surface area contributed by atoms with Crippen molar-refractivity contribution in [3.63, 3.8) is 0 Å². The SMILES string of the molecule is Cc1cc(CNC(=O)/C=C/c2cnn(C)c2)nn1C.